The molecule has 168 valence electrons. The highest BCUT2D eigenvalue weighted by molar-refractivity contribution is 5.45. The van der Waals surface area contributed by atoms with Crippen LogP contribution in [-0.2, 0) is 19.3 Å². The van der Waals surface area contributed by atoms with E-state index in [0.29, 0.717) is 30.0 Å². The Kier molecular flexibility index (Phi) is 6.72. The molecule has 4 rings (SSSR count). The summed E-state index contributed by atoms with van der Waals surface area (Å²) in [5.74, 6) is 1.33. The molecule has 1 aliphatic rings. The minimum absolute atomic E-state index is 0.172. The molecule has 3 aromatic rings. The van der Waals surface area contributed by atoms with E-state index in [1.54, 1.807) is 6.07 Å². The molecular weight excluding hydrogens is 417 g/mol. The normalized spacial score (nSPS) is 14.3. The fourth-order valence-corrected chi connectivity index (χ4v) is 3.57. The lowest BCUT2D eigenvalue weighted by atomic mass is 10.1. The van der Waals surface area contributed by atoms with Gasteiger partial charge >= 0.3 is 6.18 Å². The second kappa shape index (κ2) is 9.84. The smallest absolute Gasteiger partial charge is 0.350 e. The summed E-state index contributed by atoms with van der Waals surface area (Å²) in [5.41, 5.74) is 0.913. The maximum Gasteiger partial charge on any atom is 0.416 e. The number of rotatable bonds is 7. The predicted molar refractivity (Wildman–Crippen MR) is 118 cm³/mol. The Morgan fingerprint density at radius 3 is 2.03 bits per heavy atom. The SMILES string of the molecule is FC(F)(F)c1cccc(CNc2nc(NCc3ccccc3)nc(N3CCCCC3)n2)c1. The van der Waals surface area contributed by atoms with E-state index in [0.717, 1.165) is 43.6 Å². The van der Waals surface area contributed by atoms with Crippen molar-refractivity contribution < 1.29 is 13.2 Å². The van der Waals surface area contributed by atoms with Gasteiger partial charge in [0.15, 0.2) is 0 Å². The lowest BCUT2D eigenvalue weighted by Gasteiger charge is -2.27. The fraction of sp³-hybridized carbons (Fsp3) is 0.348. The Labute approximate surface area is 184 Å². The summed E-state index contributed by atoms with van der Waals surface area (Å²) < 4.78 is 39.0. The number of alkyl halides is 3. The van der Waals surface area contributed by atoms with Gasteiger partial charge in [-0.05, 0) is 42.5 Å². The van der Waals surface area contributed by atoms with Crippen molar-refractivity contribution in [3.05, 3.63) is 71.3 Å². The maximum atomic E-state index is 13.0. The largest absolute Gasteiger partial charge is 0.416 e. The first-order valence-electron chi connectivity index (χ1n) is 10.7. The molecule has 0 atom stereocenters. The Hall–Kier alpha value is -3.36. The van der Waals surface area contributed by atoms with Crippen LogP contribution in [0.4, 0.5) is 31.0 Å². The van der Waals surface area contributed by atoms with Gasteiger partial charge in [0.2, 0.25) is 17.8 Å². The number of aromatic nitrogens is 3. The number of hydrogen-bond donors (Lipinski definition) is 2. The summed E-state index contributed by atoms with van der Waals surface area (Å²) in [4.78, 5) is 15.7. The monoisotopic (exact) mass is 442 g/mol. The van der Waals surface area contributed by atoms with Crippen LogP contribution in [0.25, 0.3) is 0 Å². The average molecular weight is 442 g/mol. The van der Waals surface area contributed by atoms with Crippen LogP contribution in [0.1, 0.15) is 36.0 Å². The molecule has 2 N–H and O–H groups in total. The average Bonchev–Trinajstić information content (AvgIpc) is 2.82. The van der Waals surface area contributed by atoms with Gasteiger partial charge in [-0.3, -0.25) is 0 Å². The predicted octanol–water partition coefficient (Wildman–Crippen LogP) is 5.10. The van der Waals surface area contributed by atoms with E-state index >= 15 is 0 Å². The minimum Gasteiger partial charge on any atom is -0.350 e. The standard InChI is InChI=1S/C23H25F3N6/c24-23(25,26)19-11-7-10-18(14-19)16-28-21-29-20(27-15-17-8-3-1-4-9-17)30-22(31-21)32-12-5-2-6-13-32/h1,3-4,7-11,14H,2,5-6,12-13,15-16H2,(H2,27,28,29,30,31). The molecule has 0 spiro atoms. The molecule has 2 heterocycles. The zero-order valence-corrected chi connectivity index (χ0v) is 17.6. The molecule has 1 aliphatic heterocycles. The lowest BCUT2D eigenvalue weighted by Crippen LogP contribution is -2.31. The van der Waals surface area contributed by atoms with Gasteiger partial charge in [0.05, 0.1) is 5.56 Å². The molecule has 0 amide bonds. The van der Waals surface area contributed by atoms with Crippen molar-refractivity contribution >= 4 is 17.8 Å². The van der Waals surface area contributed by atoms with Crippen molar-refractivity contribution in [2.75, 3.05) is 28.6 Å². The highest BCUT2D eigenvalue weighted by Crippen LogP contribution is 2.29. The first-order valence-corrected chi connectivity index (χ1v) is 10.7. The van der Waals surface area contributed by atoms with Crippen molar-refractivity contribution in [2.45, 2.75) is 38.5 Å². The van der Waals surface area contributed by atoms with Crippen LogP contribution in [0, 0.1) is 0 Å². The zero-order chi connectivity index (χ0) is 22.4. The molecule has 1 fully saturated rings. The summed E-state index contributed by atoms with van der Waals surface area (Å²) in [6.07, 6.45) is -1.04. The van der Waals surface area contributed by atoms with Gasteiger partial charge in [-0.25, -0.2) is 0 Å². The van der Waals surface area contributed by atoms with Crippen molar-refractivity contribution in [3.63, 3.8) is 0 Å². The molecule has 0 saturated carbocycles. The molecule has 9 heteroatoms. The summed E-state index contributed by atoms with van der Waals surface area (Å²) in [7, 11) is 0. The Morgan fingerprint density at radius 1 is 0.750 bits per heavy atom. The van der Waals surface area contributed by atoms with Gasteiger partial charge in [-0.2, -0.15) is 28.1 Å². The third-order valence-corrected chi connectivity index (χ3v) is 5.26. The molecule has 0 unspecified atom stereocenters. The lowest BCUT2D eigenvalue weighted by molar-refractivity contribution is -0.137. The third-order valence-electron chi connectivity index (χ3n) is 5.26. The molecule has 1 aromatic heterocycles. The molecule has 0 bridgehead atoms. The minimum atomic E-state index is -4.38. The maximum absolute atomic E-state index is 13.0. The summed E-state index contributed by atoms with van der Waals surface area (Å²) in [5, 5.41) is 6.29. The summed E-state index contributed by atoms with van der Waals surface area (Å²) in [6, 6.07) is 15.1. The van der Waals surface area contributed by atoms with Crippen molar-refractivity contribution in [2.24, 2.45) is 0 Å². The Balaban J connectivity index is 1.52. The van der Waals surface area contributed by atoms with Gasteiger partial charge in [-0.1, -0.05) is 42.5 Å². The van der Waals surface area contributed by atoms with Gasteiger partial charge < -0.3 is 15.5 Å². The molecule has 6 nitrogen and oxygen atoms in total. The van der Waals surface area contributed by atoms with Gasteiger partial charge in [0.25, 0.3) is 0 Å². The molecule has 2 aromatic carbocycles. The van der Waals surface area contributed by atoms with E-state index in [2.05, 4.69) is 30.5 Å². The molecular formula is C23H25F3N6. The number of piperidine rings is 1. The molecule has 0 aliphatic carbocycles. The van der Waals surface area contributed by atoms with Crippen LogP contribution in [0.3, 0.4) is 0 Å². The van der Waals surface area contributed by atoms with E-state index < -0.39 is 11.7 Å². The Morgan fingerprint density at radius 2 is 1.38 bits per heavy atom. The van der Waals surface area contributed by atoms with E-state index in [-0.39, 0.29) is 6.54 Å². The second-order valence-electron chi connectivity index (χ2n) is 7.72. The van der Waals surface area contributed by atoms with Crippen LogP contribution in [0.2, 0.25) is 0 Å². The number of hydrogen-bond acceptors (Lipinski definition) is 6. The molecule has 32 heavy (non-hydrogen) atoms. The number of halogens is 3. The zero-order valence-electron chi connectivity index (χ0n) is 17.6. The van der Waals surface area contributed by atoms with Crippen LogP contribution < -0.4 is 15.5 Å². The molecule has 1 saturated heterocycles. The van der Waals surface area contributed by atoms with Gasteiger partial charge in [0, 0.05) is 26.2 Å². The number of nitrogens with zero attached hydrogens (tertiary/aromatic N) is 4. The van der Waals surface area contributed by atoms with Crippen LogP contribution >= 0.6 is 0 Å². The third kappa shape index (κ3) is 5.87. The quantitative estimate of drug-likeness (QED) is 0.531. The summed E-state index contributed by atoms with van der Waals surface area (Å²) >= 11 is 0. The van der Waals surface area contributed by atoms with Crippen LogP contribution in [0.15, 0.2) is 54.6 Å². The fourth-order valence-electron chi connectivity index (χ4n) is 3.57. The summed E-state index contributed by atoms with van der Waals surface area (Å²) in [6.45, 7) is 2.47. The number of benzene rings is 2. The first-order chi connectivity index (χ1) is 15.5. The van der Waals surface area contributed by atoms with Crippen molar-refractivity contribution in [1.29, 1.82) is 0 Å². The molecule has 0 radical (unpaired) electrons. The van der Waals surface area contributed by atoms with Gasteiger partial charge in [-0.15, -0.1) is 0 Å². The highest BCUT2D eigenvalue weighted by atomic mass is 19.4. The van der Waals surface area contributed by atoms with E-state index in [4.69, 9.17) is 0 Å². The second-order valence-corrected chi connectivity index (χ2v) is 7.72. The van der Waals surface area contributed by atoms with Gasteiger partial charge in [0.1, 0.15) is 0 Å². The van der Waals surface area contributed by atoms with Crippen molar-refractivity contribution in [1.82, 2.24) is 15.0 Å². The van der Waals surface area contributed by atoms with Crippen molar-refractivity contribution in [3.8, 4) is 0 Å². The first kappa shape index (κ1) is 21.9. The van der Waals surface area contributed by atoms with Crippen LogP contribution in [-0.4, -0.2) is 28.0 Å². The highest BCUT2D eigenvalue weighted by Gasteiger charge is 2.30. The van der Waals surface area contributed by atoms with E-state index in [1.807, 2.05) is 30.3 Å². The topological polar surface area (TPSA) is 66.0 Å². The van der Waals surface area contributed by atoms with E-state index in [9.17, 15) is 13.2 Å². The number of anilines is 3. The number of nitrogens with one attached hydrogen (secondary N) is 2. The van der Waals surface area contributed by atoms with E-state index in [1.165, 1.54) is 12.5 Å². The van der Waals surface area contributed by atoms with Crippen LogP contribution in [0.5, 0.6) is 0 Å². The Bertz CT molecular complexity index is 1020.